The number of rotatable bonds is 5. The summed E-state index contributed by atoms with van der Waals surface area (Å²) in [5, 5.41) is 0. The van der Waals surface area contributed by atoms with Crippen LogP contribution in [0.5, 0.6) is 0 Å². The van der Waals surface area contributed by atoms with Gasteiger partial charge in [-0.1, -0.05) is 17.7 Å². The van der Waals surface area contributed by atoms with E-state index in [4.69, 9.17) is 8.92 Å². The van der Waals surface area contributed by atoms with Crippen LogP contribution in [0.3, 0.4) is 0 Å². The Balaban J connectivity index is 1.90. The van der Waals surface area contributed by atoms with Crippen molar-refractivity contribution in [3.8, 4) is 0 Å². The van der Waals surface area contributed by atoms with E-state index < -0.39 is 10.1 Å². The van der Waals surface area contributed by atoms with Crippen molar-refractivity contribution in [1.29, 1.82) is 0 Å². The Labute approximate surface area is 108 Å². The highest BCUT2D eigenvalue weighted by Gasteiger charge is 2.30. The maximum Gasteiger partial charge on any atom is 0.296 e. The quantitative estimate of drug-likeness (QED) is 0.769. The van der Waals surface area contributed by atoms with E-state index in [2.05, 4.69) is 0 Å². The molecule has 0 radical (unpaired) electrons. The van der Waals surface area contributed by atoms with E-state index in [9.17, 15) is 8.42 Å². The zero-order chi connectivity index (χ0) is 13.2. The van der Waals surface area contributed by atoms with Gasteiger partial charge in [-0.2, -0.15) is 8.42 Å². The number of hydrogen-bond donors (Lipinski definition) is 0. The van der Waals surface area contributed by atoms with Gasteiger partial charge in [0, 0.05) is 7.11 Å². The lowest BCUT2D eigenvalue weighted by atomic mass is 9.83. The highest BCUT2D eigenvalue weighted by molar-refractivity contribution is 7.86. The van der Waals surface area contributed by atoms with Crippen molar-refractivity contribution in [2.75, 3.05) is 13.7 Å². The Kier molecular flexibility index (Phi) is 4.04. The molecule has 0 spiro atoms. The van der Waals surface area contributed by atoms with Crippen LogP contribution < -0.4 is 0 Å². The van der Waals surface area contributed by atoms with Crippen molar-refractivity contribution in [1.82, 2.24) is 0 Å². The van der Waals surface area contributed by atoms with E-state index in [-0.39, 0.29) is 23.5 Å². The van der Waals surface area contributed by atoms with E-state index in [1.165, 1.54) is 0 Å². The predicted molar refractivity (Wildman–Crippen MR) is 67.8 cm³/mol. The van der Waals surface area contributed by atoms with Crippen LogP contribution in [0, 0.1) is 12.8 Å². The highest BCUT2D eigenvalue weighted by atomic mass is 32.2. The summed E-state index contributed by atoms with van der Waals surface area (Å²) < 4.78 is 34.0. The average Bonchev–Trinajstić information content (AvgIpc) is 2.28. The number of methoxy groups -OCH3 is 1. The van der Waals surface area contributed by atoms with Gasteiger partial charge in [0.05, 0.1) is 17.6 Å². The molecular formula is C13H18O4S. The Bertz CT molecular complexity index is 486. The fourth-order valence-corrected chi connectivity index (χ4v) is 2.94. The standard InChI is InChI=1S/C13H18O4S/c1-10-3-5-13(6-4-10)18(14,15)17-9-11-7-12(8-11)16-2/h3-6,11-12H,7-9H2,1-2H3. The summed E-state index contributed by atoms with van der Waals surface area (Å²) in [6.45, 7) is 2.16. The second kappa shape index (κ2) is 5.38. The fraction of sp³-hybridized carbons (Fsp3) is 0.538. The Morgan fingerprint density at radius 2 is 1.83 bits per heavy atom. The van der Waals surface area contributed by atoms with Gasteiger partial charge in [0.25, 0.3) is 10.1 Å². The van der Waals surface area contributed by atoms with Crippen LogP contribution in [0.15, 0.2) is 29.2 Å². The van der Waals surface area contributed by atoms with Crippen molar-refractivity contribution in [3.63, 3.8) is 0 Å². The van der Waals surface area contributed by atoms with Crippen LogP contribution in [-0.4, -0.2) is 28.2 Å². The zero-order valence-corrected chi connectivity index (χ0v) is 11.4. The number of ether oxygens (including phenoxy) is 1. The summed E-state index contributed by atoms with van der Waals surface area (Å²) >= 11 is 0. The molecule has 0 aliphatic heterocycles. The van der Waals surface area contributed by atoms with Crippen LogP contribution in [-0.2, 0) is 19.0 Å². The summed E-state index contributed by atoms with van der Waals surface area (Å²) in [4.78, 5) is 0.218. The first-order chi connectivity index (χ1) is 8.51. The second-order valence-corrected chi connectivity index (χ2v) is 6.36. The SMILES string of the molecule is COC1CC(COS(=O)(=O)c2ccc(C)cc2)C1. The second-order valence-electron chi connectivity index (χ2n) is 4.75. The van der Waals surface area contributed by atoms with Gasteiger partial charge in [-0.15, -0.1) is 0 Å². The molecule has 0 heterocycles. The molecule has 5 heteroatoms. The van der Waals surface area contributed by atoms with Crippen molar-refractivity contribution in [2.24, 2.45) is 5.92 Å². The zero-order valence-electron chi connectivity index (χ0n) is 10.6. The van der Waals surface area contributed by atoms with E-state index in [1.807, 2.05) is 6.92 Å². The normalized spacial score (nSPS) is 23.7. The monoisotopic (exact) mass is 270 g/mol. The van der Waals surface area contributed by atoms with Crippen molar-refractivity contribution in [2.45, 2.75) is 30.8 Å². The molecule has 1 fully saturated rings. The first-order valence-corrected chi connectivity index (χ1v) is 7.41. The van der Waals surface area contributed by atoms with Gasteiger partial charge in [0.15, 0.2) is 0 Å². The maximum absolute atomic E-state index is 11.9. The van der Waals surface area contributed by atoms with Crippen LogP contribution >= 0.6 is 0 Å². The van der Waals surface area contributed by atoms with E-state index in [0.717, 1.165) is 18.4 Å². The number of hydrogen-bond acceptors (Lipinski definition) is 4. The third-order valence-electron chi connectivity index (χ3n) is 3.29. The third-order valence-corrected chi connectivity index (χ3v) is 4.59. The lowest BCUT2D eigenvalue weighted by molar-refractivity contribution is -0.0134. The maximum atomic E-state index is 11.9. The molecular weight excluding hydrogens is 252 g/mol. The molecule has 2 rings (SSSR count). The number of benzene rings is 1. The van der Waals surface area contributed by atoms with Gasteiger partial charge in [-0.05, 0) is 37.8 Å². The fourth-order valence-electron chi connectivity index (χ4n) is 1.96. The Morgan fingerprint density at radius 3 is 2.39 bits per heavy atom. The summed E-state index contributed by atoms with van der Waals surface area (Å²) in [5.41, 5.74) is 1.02. The van der Waals surface area contributed by atoms with Crippen LogP contribution in [0.25, 0.3) is 0 Å². The summed E-state index contributed by atoms with van der Waals surface area (Å²) in [5.74, 6) is 0.287. The summed E-state index contributed by atoms with van der Waals surface area (Å²) in [6.07, 6.45) is 2.01. The largest absolute Gasteiger partial charge is 0.381 e. The molecule has 0 aromatic heterocycles. The molecule has 1 aromatic rings. The first kappa shape index (κ1) is 13.5. The van der Waals surface area contributed by atoms with Gasteiger partial charge in [-0.3, -0.25) is 4.18 Å². The minimum Gasteiger partial charge on any atom is -0.381 e. The minimum absolute atomic E-state index is 0.218. The summed E-state index contributed by atoms with van der Waals surface area (Å²) in [6, 6.07) is 6.67. The van der Waals surface area contributed by atoms with Crippen LogP contribution in [0.4, 0.5) is 0 Å². The first-order valence-electron chi connectivity index (χ1n) is 6.00. The molecule has 0 N–H and O–H groups in total. The Hall–Kier alpha value is -0.910. The van der Waals surface area contributed by atoms with Crippen molar-refractivity contribution >= 4 is 10.1 Å². The van der Waals surface area contributed by atoms with E-state index in [0.29, 0.717) is 0 Å². The molecule has 18 heavy (non-hydrogen) atoms. The molecule has 4 nitrogen and oxygen atoms in total. The predicted octanol–water partition coefficient (Wildman–Crippen LogP) is 2.13. The molecule has 0 bridgehead atoms. The van der Waals surface area contributed by atoms with Gasteiger partial charge < -0.3 is 4.74 Å². The van der Waals surface area contributed by atoms with Gasteiger partial charge in [0.2, 0.25) is 0 Å². The molecule has 0 amide bonds. The van der Waals surface area contributed by atoms with Gasteiger partial charge >= 0.3 is 0 Å². The van der Waals surface area contributed by atoms with Crippen LogP contribution in [0.2, 0.25) is 0 Å². The molecule has 1 aliphatic carbocycles. The van der Waals surface area contributed by atoms with Crippen LogP contribution in [0.1, 0.15) is 18.4 Å². The molecule has 1 aliphatic rings. The molecule has 100 valence electrons. The lowest BCUT2D eigenvalue weighted by Crippen LogP contribution is -2.33. The van der Waals surface area contributed by atoms with Gasteiger partial charge in [-0.25, -0.2) is 0 Å². The topological polar surface area (TPSA) is 52.6 Å². The summed E-state index contributed by atoms with van der Waals surface area (Å²) in [7, 11) is -1.94. The van der Waals surface area contributed by atoms with Crippen molar-refractivity contribution < 1.29 is 17.3 Å². The van der Waals surface area contributed by atoms with E-state index >= 15 is 0 Å². The molecule has 1 aromatic carbocycles. The minimum atomic E-state index is -3.61. The Morgan fingerprint density at radius 1 is 1.22 bits per heavy atom. The molecule has 0 unspecified atom stereocenters. The lowest BCUT2D eigenvalue weighted by Gasteiger charge is -2.33. The third kappa shape index (κ3) is 3.10. The molecule has 0 saturated heterocycles. The highest BCUT2D eigenvalue weighted by Crippen LogP contribution is 2.30. The van der Waals surface area contributed by atoms with E-state index in [1.54, 1.807) is 31.4 Å². The average molecular weight is 270 g/mol. The molecule has 1 saturated carbocycles. The smallest absolute Gasteiger partial charge is 0.296 e. The van der Waals surface area contributed by atoms with Crippen molar-refractivity contribution in [3.05, 3.63) is 29.8 Å². The van der Waals surface area contributed by atoms with Gasteiger partial charge in [0.1, 0.15) is 0 Å². The number of aryl methyl sites for hydroxylation is 1. The molecule has 0 atom stereocenters.